The number of halogens is 2. The lowest BCUT2D eigenvalue weighted by molar-refractivity contribution is 0.0906. The summed E-state index contributed by atoms with van der Waals surface area (Å²) in [7, 11) is 1.87. The van der Waals surface area contributed by atoms with E-state index in [1.165, 1.54) is 6.07 Å². The molecule has 0 radical (unpaired) electrons. The Balaban J connectivity index is 0.00000342. The van der Waals surface area contributed by atoms with Crippen LogP contribution in [0.2, 0.25) is 0 Å². The van der Waals surface area contributed by atoms with E-state index >= 15 is 0 Å². The minimum Gasteiger partial charge on any atom is -0.367 e. The van der Waals surface area contributed by atoms with Crippen LogP contribution < -0.4 is 16.0 Å². The highest BCUT2D eigenvalue weighted by Crippen LogP contribution is 2.32. The highest BCUT2D eigenvalue weighted by Gasteiger charge is 2.24. The second kappa shape index (κ2) is 10.8. The Morgan fingerprint density at radius 3 is 2.69 bits per heavy atom. The van der Waals surface area contributed by atoms with E-state index in [2.05, 4.69) is 41.3 Å². The Kier molecular flexibility index (Phi) is 8.03. The Morgan fingerprint density at radius 2 is 2.00 bits per heavy atom. The van der Waals surface area contributed by atoms with Crippen LogP contribution in [-0.2, 0) is 12.0 Å². The second-order valence-electron chi connectivity index (χ2n) is 8.85. The van der Waals surface area contributed by atoms with Crippen LogP contribution in [0.15, 0.2) is 35.0 Å². The number of carbonyl (C=O) groups is 1. The van der Waals surface area contributed by atoms with E-state index < -0.39 is 11.7 Å². The summed E-state index contributed by atoms with van der Waals surface area (Å²) < 4.78 is 20.0. The number of carbonyl (C=O) groups excluding carboxylic acids is 1. The minimum absolute atomic E-state index is 0. The molecular formula is C23H28ClFN8O2. The Morgan fingerprint density at radius 1 is 1.20 bits per heavy atom. The van der Waals surface area contributed by atoms with Crippen molar-refractivity contribution in [3.63, 3.8) is 0 Å². The van der Waals surface area contributed by atoms with E-state index in [1.807, 2.05) is 33.9 Å². The number of rotatable bonds is 8. The van der Waals surface area contributed by atoms with Gasteiger partial charge in [0.1, 0.15) is 5.82 Å². The first-order valence-corrected chi connectivity index (χ1v) is 10.9. The van der Waals surface area contributed by atoms with Gasteiger partial charge in [-0.1, -0.05) is 38.1 Å². The van der Waals surface area contributed by atoms with Crippen molar-refractivity contribution < 1.29 is 13.7 Å². The fourth-order valence-electron chi connectivity index (χ4n) is 3.36. The van der Waals surface area contributed by atoms with Gasteiger partial charge in [0.05, 0.1) is 5.39 Å². The molecule has 0 unspecified atom stereocenters. The van der Waals surface area contributed by atoms with Crippen molar-refractivity contribution in [3.8, 4) is 11.1 Å². The van der Waals surface area contributed by atoms with Crippen molar-refractivity contribution >= 4 is 35.2 Å². The summed E-state index contributed by atoms with van der Waals surface area (Å²) >= 11 is 0. The van der Waals surface area contributed by atoms with Crippen molar-refractivity contribution in [2.75, 3.05) is 25.5 Å². The molecule has 4 N–H and O–H groups in total. The zero-order valence-electron chi connectivity index (χ0n) is 19.9. The number of H-pyrrole nitrogens is 1. The van der Waals surface area contributed by atoms with Crippen LogP contribution in [0.1, 0.15) is 42.8 Å². The normalized spacial score (nSPS) is 11.3. The topological polar surface area (TPSA) is 134 Å². The fourth-order valence-corrected chi connectivity index (χ4v) is 3.36. The van der Waals surface area contributed by atoms with Gasteiger partial charge in [0, 0.05) is 36.8 Å². The molecule has 0 atom stereocenters. The monoisotopic (exact) mass is 502 g/mol. The van der Waals surface area contributed by atoms with Crippen molar-refractivity contribution in [3.05, 3.63) is 53.6 Å². The molecule has 35 heavy (non-hydrogen) atoms. The third kappa shape index (κ3) is 5.75. The van der Waals surface area contributed by atoms with Gasteiger partial charge >= 0.3 is 11.8 Å². The van der Waals surface area contributed by atoms with E-state index in [0.717, 1.165) is 17.5 Å². The first-order chi connectivity index (χ1) is 16.3. The van der Waals surface area contributed by atoms with E-state index in [1.54, 1.807) is 18.3 Å². The zero-order chi connectivity index (χ0) is 24.3. The maximum atomic E-state index is 15.0. The van der Waals surface area contributed by atoms with Crippen LogP contribution in [0.4, 0.5) is 10.2 Å². The number of benzene rings is 1. The van der Waals surface area contributed by atoms with Crippen LogP contribution in [0, 0.1) is 5.82 Å². The van der Waals surface area contributed by atoms with Crippen molar-refractivity contribution in [2.45, 2.75) is 32.7 Å². The van der Waals surface area contributed by atoms with E-state index in [4.69, 9.17) is 4.52 Å². The first kappa shape index (κ1) is 26.0. The van der Waals surface area contributed by atoms with Crippen LogP contribution in [0.25, 0.3) is 22.2 Å². The van der Waals surface area contributed by atoms with Gasteiger partial charge in [-0.15, -0.1) is 12.4 Å². The third-order valence-corrected chi connectivity index (χ3v) is 5.22. The summed E-state index contributed by atoms with van der Waals surface area (Å²) in [4.78, 5) is 20.8. The largest absolute Gasteiger partial charge is 0.367 e. The highest BCUT2D eigenvalue weighted by atomic mass is 35.5. The van der Waals surface area contributed by atoms with Crippen LogP contribution >= 0.6 is 12.4 Å². The van der Waals surface area contributed by atoms with Gasteiger partial charge in [0.25, 0.3) is 0 Å². The molecule has 4 rings (SSSR count). The highest BCUT2D eigenvalue weighted by molar-refractivity contribution is 6.00. The number of fused-ring (bicyclic) bond motifs is 1. The molecule has 1 aromatic carbocycles. The molecule has 0 aliphatic carbocycles. The van der Waals surface area contributed by atoms with Crippen LogP contribution in [0.5, 0.6) is 0 Å². The number of nitrogens with zero attached hydrogens (tertiary/aromatic N) is 4. The molecule has 0 aliphatic heterocycles. The standard InChI is InChI=1S/C23H27FN8O2.ClH/c1-23(2,3)22-29-21(34-32-22)20(33)28-12-14-6-5-13(11-16(14)24)15-7-8-26-18-17(15)19(31-30-18)27-10-9-25-4;/h5-8,11,25H,9-10,12H2,1-4H3,(H,28,33)(H2,26,27,30,31);1H. The van der Waals surface area contributed by atoms with Crippen molar-refractivity contribution in [1.29, 1.82) is 0 Å². The predicted octanol–water partition coefficient (Wildman–Crippen LogP) is 3.43. The molecular weight excluding hydrogens is 475 g/mol. The number of nitrogens with one attached hydrogen (secondary N) is 4. The number of amides is 1. The van der Waals surface area contributed by atoms with Gasteiger partial charge in [0.2, 0.25) is 0 Å². The maximum Gasteiger partial charge on any atom is 0.315 e. The summed E-state index contributed by atoms with van der Waals surface area (Å²) in [5.41, 5.74) is 2.05. The number of aromatic nitrogens is 5. The van der Waals surface area contributed by atoms with Gasteiger partial charge in [0.15, 0.2) is 17.3 Å². The van der Waals surface area contributed by atoms with Gasteiger partial charge in [-0.25, -0.2) is 9.37 Å². The molecule has 0 spiro atoms. The van der Waals surface area contributed by atoms with Gasteiger partial charge < -0.3 is 20.5 Å². The second-order valence-corrected chi connectivity index (χ2v) is 8.85. The summed E-state index contributed by atoms with van der Waals surface area (Å²) in [6.45, 7) is 7.16. The molecule has 10 nitrogen and oxygen atoms in total. The molecule has 3 aromatic heterocycles. The van der Waals surface area contributed by atoms with Crippen molar-refractivity contribution in [2.24, 2.45) is 0 Å². The van der Waals surface area contributed by atoms with Gasteiger partial charge in [-0.3, -0.25) is 9.89 Å². The average molecular weight is 503 g/mol. The number of aromatic amines is 1. The summed E-state index contributed by atoms with van der Waals surface area (Å²) in [6, 6.07) is 6.69. The molecule has 12 heteroatoms. The maximum absolute atomic E-state index is 15.0. The van der Waals surface area contributed by atoms with Crippen molar-refractivity contribution in [1.82, 2.24) is 36.0 Å². The van der Waals surface area contributed by atoms with E-state index in [0.29, 0.717) is 35.0 Å². The first-order valence-electron chi connectivity index (χ1n) is 10.9. The molecule has 0 fully saturated rings. The SMILES string of the molecule is CNCCNc1n[nH]c2nccc(-c3ccc(CNC(=O)c4nc(C(C)(C)C)no4)c(F)c3)c12.Cl. The molecule has 1 amide bonds. The van der Waals surface area contributed by atoms with E-state index in [-0.39, 0.29) is 30.3 Å². The lowest BCUT2D eigenvalue weighted by Gasteiger charge is -2.11. The number of anilines is 1. The number of pyridine rings is 1. The molecule has 186 valence electrons. The minimum atomic E-state index is -0.557. The number of likely N-dealkylation sites (N-methyl/N-ethyl adjacent to an activating group) is 1. The Labute approximate surface area is 207 Å². The number of hydrogen-bond donors (Lipinski definition) is 4. The quantitative estimate of drug-likeness (QED) is 0.269. The predicted molar refractivity (Wildman–Crippen MR) is 133 cm³/mol. The molecule has 0 saturated carbocycles. The van der Waals surface area contributed by atoms with Gasteiger partial charge in [-0.05, 0) is 30.3 Å². The summed E-state index contributed by atoms with van der Waals surface area (Å²) in [6.07, 6.45) is 1.65. The molecule has 0 saturated heterocycles. The summed E-state index contributed by atoms with van der Waals surface area (Å²) in [5.74, 6) is -0.0792. The van der Waals surface area contributed by atoms with Crippen LogP contribution in [-0.4, -0.2) is 51.4 Å². The van der Waals surface area contributed by atoms with Gasteiger partial charge in [-0.2, -0.15) is 10.1 Å². The van der Waals surface area contributed by atoms with Crippen LogP contribution in [0.3, 0.4) is 0 Å². The third-order valence-electron chi connectivity index (χ3n) is 5.22. The zero-order valence-corrected chi connectivity index (χ0v) is 20.7. The Hall–Kier alpha value is -3.57. The lowest BCUT2D eigenvalue weighted by Crippen LogP contribution is -2.24. The number of hydrogen-bond acceptors (Lipinski definition) is 8. The molecule has 3 heterocycles. The molecule has 0 bridgehead atoms. The van der Waals surface area contributed by atoms with E-state index in [9.17, 15) is 9.18 Å². The average Bonchev–Trinajstić information content (AvgIpc) is 3.46. The smallest absolute Gasteiger partial charge is 0.315 e. The fraction of sp³-hybridized carbons (Fsp3) is 0.348. The summed E-state index contributed by atoms with van der Waals surface area (Å²) in [5, 5.41) is 20.8. The molecule has 4 aromatic rings. The lowest BCUT2D eigenvalue weighted by atomic mass is 9.96. The molecule has 0 aliphatic rings. The Bertz CT molecular complexity index is 1310.